The molecule has 1 fully saturated rings. The van der Waals surface area contributed by atoms with Crippen LogP contribution in [0.25, 0.3) is 11.4 Å². The van der Waals surface area contributed by atoms with Gasteiger partial charge in [-0.1, -0.05) is 24.4 Å². The summed E-state index contributed by atoms with van der Waals surface area (Å²) >= 11 is 0. The van der Waals surface area contributed by atoms with E-state index in [0.29, 0.717) is 28.8 Å². The highest BCUT2D eigenvalue weighted by Gasteiger charge is 2.29. The Hall–Kier alpha value is -3.55. The molecule has 33 heavy (non-hydrogen) atoms. The number of hydrogen-bond donors (Lipinski definition) is 0. The van der Waals surface area contributed by atoms with E-state index < -0.39 is 0 Å². The molecule has 0 atom stereocenters. The standard InChI is InChI=1S/C25H29N3O5/c1-30-20-11-9-17(10-12-20)24-26-23(33-27-24)16-28(19-7-5-4-6-8-19)25(29)18-13-21(31-2)15-22(14-18)32-3/h9-15,19H,4-8,16H2,1-3H3. The molecule has 174 valence electrons. The van der Waals surface area contributed by atoms with Gasteiger partial charge in [-0.2, -0.15) is 4.98 Å². The van der Waals surface area contributed by atoms with Gasteiger partial charge in [0.2, 0.25) is 11.7 Å². The van der Waals surface area contributed by atoms with Crippen LogP contribution in [-0.2, 0) is 6.54 Å². The molecule has 0 N–H and O–H groups in total. The quantitative estimate of drug-likeness (QED) is 0.489. The van der Waals surface area contributed by atoms with E-state index in [1.54, 1.807) is 39.5 Å². The van der Waals surface area contributed by atoms with Crippen LogP contribution < -0.4 is 14.2 Å². The minimum absolute atomic E-state index is 0.108. The van der Waals surface area contributed by atoms with Crippen molar-refractivity contribution in [3.8, 4) is 28.6 Å². The maximum absolute atomic E-state index is 13.6. The van der Waals surface area contributed by atoms with Crippen LogP contribution >= 0.6 is 0 Å². The average Bonchev–Trinajstić information content (AvgIpc) is 3.35. The zero-order valence-corrected chi connectivity index (χ0v) is 19.2. The van der Waals surface area contributed by atoms with E-state index in [9.17, 15) is 4.79 Å². The molecule has 1 aliphatic carbocycles. The molecule has 0 spiro atoms. The molecule has 1 aliphatic rings. The molecule has 1 aromatic heterocycles. The number of benzene rings is 2. The molecule has 3 aromatic rings. The molecule has 0 aliphatic heterocycles. The van der Waals surface area contributed by atoms with Gasteiger partial charge in [-0.25, -0.2) is 0 Å². The van der Waals surface area contributed by atoms with Crippen molar-refractivity contribution in [3.05, 3.63) is 53.9 Å². The van der Waals surface area contributed by atoms with E-state index in [1.807, 2.05) is 29.2 Å². The van der Waals surface area contributed by atoms with Crippen molar-refractivity contribution < 1.29 is 23.5 Å². The Morgan fingerprint density at radius 1 is 0.939 bits per heavy atom. The number of nitrogens with zero attached hydrogens (tertiary/aromatic N) is 3. The third-order valence-corrected chi connectivity index (χ3v) is 6.00. The topological polar surface area (TPSA) is 86.9 Å². The number of rotatable bonds is 8. The highest BCUT2D eigenvalue weighted by molar-refractivity contribution is 5.95. The first kappa shape index (κ1) is 22.6. The van der Waals surface area contributed by atoms with Crippen LogP contribution in [-0.4, -0.2) is 48.3 Å². The lowest BCUT2D eigenvalue weighted by molar-refractivity contribution is 0.0585. The Morgan fingerprint density at radius 2 is 1.58 bits per heavy atom. The monoisotopic (exact) mass is 451 g/mol. The predicted molar refractivity (Wildman–Crippen MR) is 123 cm³/mol. The first-order chi connectivity index (χ1) is 16.1. The van der Waals surface area contributed by atoms with Gasteiger partial charge < -0.3 is 23.6 Å². The fourth-order valence-corrected chi connectivity index (χ4v) is 4.18. The Labute approximate surface area is 193 Å². The van der Waals surface area contributed by atoms with Crippen LogP contribution in [0.4, 0.5) is 0 Å². The van der Waals surface area contributed by atoms with E-state index >= 15 is 0 Å². The van der Waals surface area contributed by atoms with Gasteiger partial charge in [-0.3, -0.25) is 4.79 Å². The Morgan fingerprint density at radius 3 is 2.18 bits per heavy atom. The van der Waals surface area contributed by atoms with Crippen LogP contribution in [0.3, 0.4) is 0 Å². The van der Waals surface area contributed by atoms with Crippen LogP contribution in [0.15, 0.2) is 47.0 Å². The summed E-state index contributed by atoms with van der Waals surface area (Å²) in [6, 6.07) is 12.8. The molecule has 1 amide bonds. The second kappa shape index (κ2) is 10.4. The SMILES string of the molecule is COc1ccc(-c2noc(CN(C(=O)c3cc(OC)cc(OC)c3)C3CCCCC3)n2)cc1. The fourth-order valence-electron chi connectivity index (χ4n) is 4.18. The van der Waals surface area contributed by atoms with E-state index in [0.717, 1.165) is 37.0 Å². The lowest BCUT2D eigenvalue weighted by Gasteiger charge is -2.33. The number of amides is 1. The van der Waals surface area contributed by atoms with Crippen molar-refractivity contribution in [2.24, 2.45) is 0 Å². The van der Waals surface area contributed by atoms with Crippen LogP contribution in [0.5, 0.6) is 17.2 Å². The molecule has 0 saturated heterocycles. The molecular formula is C25H29N3O5. The third kappa shape index (κ3) is 5.27. The molecule has 4 rings (SSSR count). The number of methoxy groups -OCH3 is 3. The van der Waals surface area contributed by atoms with Crippen molar-refractivity contribution in [1.29, 1.82) is 0 Å². The Bertz CT molecular complexity index is 1050. The number of carbonyl (C=O) groups excluding carboxylic acids is 1. The number of carbonyl (C=O) groups is 1. The Balaban J connectivity index is 1.60. The second-order valence-corrected chi connectivity index (χ2v) is 8.07. The van der Waals surface area contributed by atoms with E-state index in [4.69, 9.17) is 18.7 Å². The fraction of sp³-hybridized carbons (Fsp3) is 0.400. The maximum Gasteiger partial charge on any atom is 0.254 e. The molecule has 2 aromatic carbocycles. The summed E-state index contributed by atoms with van der Waals surface area (Å²) in [6.45, 7) is 0.242. The Kier molecular flexibility index (Phi) is 7.12. The molecule has 8 heteroatoms. The summed E-state index contributed by atoms with van der Waals surface area (Å²) in [7, 11) is 4.76. The van der Waals surface area contributed by atoms with Crippen molar-refractivity contribution in [1.82, 2.24) is 15.0 Å². The summed E-state index contributed by atoms with van der Waals surface area (Å²) in [4.78, 5) is 20.0. The summed E-state index contributed by atoms with van der Waals surface area (Å²) in [5.74, 6) is 2.66. The second-order valence-electron chi connectivity index (χ2n) is 8.07. The predicted octanol–water partition coefficient (Wildman–Crippen LogP) is 4.74. The highest BCUT2D eigenvalue weighted by Crippen LogP contribution is 2.29. The zero-order valence-electron chi connectivity index (χ0n) is 19.2. The van der Waals surface area contributed by atoms with Crippen LogP contribution in [0.2, 0.25) is 0 Å². The molecule has 0 bridgehead atoms. The summed E-state index contributed by atoms with van der Waals surface area (Å²) in [6.07, 6.45) is 5.28. The van der Waals surface area contributed by atoms with Gasteiger partial charge in [0.1, 0.15) is 23.8 Å². The summed E-state index contributed by atoms with van der Waals surface area (Å²) in [5.41, 5.74) is 1.32. The molecule has 1 heterocycles. The van der Waals surface area contributed by atoms with Gasteiger partial charge in [0.05, 0.1) is 21.3 Å². The molecule has 1 saturated carbocycles. The summed E-state index contributed by atoms with van der Waals surface area (Å²) < 4.78 is 21.5. The van der Waals surface area contributed by atoms with Crippen LogP contribution in [0.1, 0.15) is 48.4 Å². The molecule has 0 radical (unpaired) electrons. The lowest BCUT2D eigenvalue weighted by atomic mass is 9.93. The van der Waals surface area contributed by atoms with Gasteiger partial charge in [-0.05, 0) is 49.2 Å². The van der Waals surface area contributed by atoms with Gasteiger partial charge in [-0.15, -0.1) is 0 Å². The van der Waals surface area contributed by atoms with Gasteiger partial charge >= 0.3 is 0 Å². The van der Waals surface area contributed by atoms with E-state index in [1.165, 1.54) is 6.42 Å². The van der Waals surface area contributed by atoms with E-state index in [-0.39, 0.29) is 18.5 Å². The smallest absolute Gasteiger partial charge is 0.254 e. The molecule has 0 unspecified atom stereocenters. The minimum Gasteiger partial charge on any atom is -0.497 e. The maximum atomic E-state index is 13.6. The van der Waals surface area contributed by atoms with Gasteiger partial charge in [0.15, 0.2) is 0 Å². The minimum atomic E-state index is -0.108. The normalized spacial score (nSPS) is 14.0. The molecular weight excluding hydrogens is 422 g/mol. The third-order valence-electron chi connectivity index (χ3n) is 6.00. The van der Waals surface area contributed by atoms with Crippen molar-refractivity contribution in [2.75, 3.05) is 21.3 Å². The number of aromatic nitrogens is 2. The largest absolute Gasteiger partial charge is 0.497 e. The van der Waals surface area contributed by atoms with Crippen LogP contribution in [0, 0.1) is 0 Å². The number of hydrogen-bond acceptors (Lipinski definition) is 7. The highest BCUT2D eigenvalue weighted by atomic mass is 16.5. The van der Waals surface area contributed by atoms with Gasteiger partial charge in [0.25, 0.3) is 5.91 Å². The van der Waals surface area contributed by atoms with Crippen molar-refractivity contribution in [3.63, 3.8) is 0 Å². The number of ether oxygens (including phenoxy) is 3. The lowest BCUT2D eigenvalue weighted by Crippen LogP contribution is -2.41. The van der Waals surface area contributed by atoms with E-state index in [2.05, 4.69) is 10.1 Å². The van der Waals surface area contributed by atoms with Gasteiger partial charge in [0, 0.05) is 23.2 Å². The average molecular weight is 452 g/mol. The first-order valence-electron chi connectivity index (χ1n) is 11.1. The van der Waals surface area contributed by atoms with Crippen molar-refractivity contribution >= 4 is 5.91 Å². The zero-order chi connectivity index (χ0) is 23.2. The van der Waals surface area contributed by atoms with Crippen molar-refractivity contribution in [2.45, 2.75) is 44.7 Å². The summed E-state index contributed by atoms with van der Waals surface area (Å²) in [5, 5.41) is 4.12. The molecule has 8 nitrogen and oxygen atoms in total. The first-order valence-corrected chi connectivity index (χ1v) is 11.1.